The average molecular weight is 225 g/mol. The summed E-state index contributed by atoms with van der Waals surface area (Å²) in [6, 6.07) is 4.61. The summed E-state index contributed by atoms with van der Waals surface area (Å²) in [6.07, 6.45) is 0. The maximum atomic E-state index is 12.7. The lowest BCUT2D eigenvalue weighted by Gasteiger charge is -2.06. The zero-order chi connectivity index (χ0) is 12.0. The number of amides is 1. The molecule has 1 aromatic carbocycles. The zero-order valence-electron chi connectivity index (χ0n) is 8.26. The molecule has 6 heteroatoms. The summed E-state index contributed by atoms with van der Waals surface area (Å²) in [7, 11) is 0. The first-order valence-corrected chi connectivity index (χ1v) is 4.45. The standard InChI is InChI=1S/C10H9F2N3O/c11-7-3-8(12)5-9(4-7)15-6-10(16)14-2-1-13/h3-5,15H,2,6H2,(H,14,16). The van der Waals surface area contributed by atoms with Crippen LogP contribution in [0.5, 0.6) is 0 Å². The van der Waals surface area contributed by atoms with Crippen molar-refractivity contribution in [2.24, 2.45) is 0 Å². The molecule has 4 nitrogen and oxygen atoms in total. The predicted molar refractivity (Wildman–Crippen MR) is 53.5 cm³/mol. The van der Waals surface area contributed by atoms with E-state index in [0.29, 0.717) is 0 Å². The fourth-order valence-corrected chi connectivity index (χ4v) is 1.04. The average Bonchev–Trinajstić information content (AvgIpc) is 2.22. The maximum absolute atomic E-state index is 12.7. The summed E-state index contributed by atoms with van der Waals surface area (Å²) in [5, 5.41) is 13.0. The van der Waals surface area contributed by atoms with Gasteiger partial charge in [-0.1, -0.05) is 0 Å². The second kappa shape index (κ2) is 5.66. The molecule has 84 valence electrons. The molecule has 0 aromatic heterocycles. The van der Waals surface area contributed by atoms with E-state index in [1.807, 2.05) is 0 Å². The number of anilines is 1. The van der Waals surface area contributed by atoms with Crippen molar-refractivity contribution in [3.8, 4) is 6.07 Å². The third-order valence-corrected chi connectivity index (χ3v) is 1.68. The highest BCUT2D eigenvalue weighted by Gasteiger charge is 2.03. The van der Waals surface area contributed by atoms with Gasteiger partial charge in [0, 0.05) is 11.8 Å². The third-order valence-electron chi connectivity index (χ3n) is 1.68. The van der Waals surface area contributed by atoms with E-state index >= 15 is 0 Å². The molecule has 2 N–H and O–H groups in total. The van der Waals surface area contributed by atoms with Crippen molar-refractivity contribution in [3.05, 3.63) is 29.8 Å². The van der Waals surface area contributed by atoms with Crippen molar-refractivity contribution in [2.45, 2.75) is 0 Å². The lowest BCUT2D eigenvalue weighted by Crippen LogP contribution is -2.30. The number of halogens is 2. The molecule has 0 radical (unpaired) electrons. The van der Waals surface area contributed by atoms with Crippen LogP contribution in [0.25, 0.3) is 0 Å². The Hall–Kier alpha value is -2.16. The predicted octanol–water partition coefficient (Wildman–Crippen LogP) is 1.02. The summed E-state index contributed by atoms with van der Waals surface area (Å²) >= 11 is 0. The van der Waals surface area contributed by atoms with E-state index in [2.05, 4.69) is 10.6 Å². The minimum atomic E-state index is -0.722. The van der Waals surface area contributed by atoms with E-state index in [0.717, 1.165) is 18.2 Å². The summed E-state index contributed by atoms with van der Waals surface area (Å²) < 4.78 is 25.5. The van der Waals surface area contributed by atoms with Crippen LogP contribution in [0, 0.1) is 23.0 Å². The van der Waals surface area contributed by atoms with Crippen molar-refractivity contribution in [1.82, 2.24) is 5.32 Å². The van der Waals surface area contributed by atoms with E-state index in [-0.39, 0.29) is 18.8 Å². The summed E-state index contributed by atoms with van der Waals surface area (Å²) in [6.45, 7) is -0.247. The van der Waals surface area contributed by atoms with Crippen LogP contribution in [-0.4, -0.2) is 19.0 Å². The van der Waals surface area contributed by atoms with Gasteiger partial charge in [-0.2, -0.15) is 5.26 Å². The molecule has 0 aliphatic carbocycles. The summed E-state index contributed by atoms with van der Waals surface area (Å²) in [5.74, 6) is -1.87. The topological polar surface area (TPSA) is 64.9 Å². The van der Waals surface area contributed by atoms with Crippen molar-refractivity contribution in [2.75, 3.05) is 18.4 Å². The van der Waals surface area contributed by atoms with Gasteiger partial charge < -0.3 is 10.6 Å². The highest BCUT2D eigenvalue weighted by molar-refractivity contribution is 5.80. The first-order chi connectivity index (χ1) is 7.61. The van der Waals surface area contributed by atoms with Gasteiger partial charge in [0.2, 0.25) is 5.91 Å². The molecular weight excluding hydrogens is 216 g/mol. The first kappa shape index (κ1) is 11.9. The molecule has 1 amide bonds. The molecular formula is C10H9F2N3O. The molecule has 0 saturated heterocycles. The van der Waals surface area contributed by atoms with Crippen LogP contribution in [0.2, 0.25) is 0 Å². The smallest absolute Gasteiger partial charge is 0.240 e. The molecule has 16 heavy (non-hydrogen) atoms. The van der Waals surface area contributed by atoms with Crippen LogP contribution >= 0.6 is 0 Å². The van der Waals surface area contributed by atoms with Gasteiger partial charge >= 0.3 is 0 Å². The Kier molecular flexibility index (Phi) is 4.21. The van der Waals surface area contributed by atoms with Crippen LogP contribution < -0.4 is 10.6 Å². The Morgan fingerprint density at radius 3 is 2.50 bits per heavy atom. The van der Waals surface area contributed by atoms with E-state index < -0.39 is 17.5 Å². The number of nitriles is 1. The quantitative estimate of drug-likeness (QED) is 0.752. The molecule has 0 aliphatic rings. The maximum Gasteiger partial charge on any atom is 0.240 e. The molecule has 0 saturated carbocycles. The van der Waals surface area contributed by atoms with Gasteiger partial charge in [-0.3, -0.25) is 4.79 Å². The lowest BCUT2D eigenvalue weighted by atomic mass is 10.3. The van der Waals surface area contributed by atoms with Crippen LogP contribution in [0.15, 0.2) is 18.2 Å². The van der Waals surface area contributed by atoms with E-state index in [1.165, 1.54) is 0 Å². The fraction of sp³-hybridized carbons (Fsp3) is 0.200. The van der Waals surface area contributed by atoms with Crippen LogP contribution in [0.3, 0.4) is 0 Å². The number of hydrogen-bond acceptors (Lipinski definition) is 3. The number of nitrogens with one attached hydrogen (secondary N) is 2. The first-order valence-electron chi connectivity index (χ1n) is 4.45. The number of carbonyl (C=O) groups excluding carboxylic acids is 1. The fourth-order valence-electron chi connectivity index (χ4n) is 1.04. The number of hydrogen-bond donors (Lipinski definition) is 2. The number of benzene rings is 1. The van der Waals surface area contributed by atoms with Crippen molar-refractivity contribution < 1.29 is 13.6 Å². The largest absolute Gasteiger partial charge is 0.376 e. The van der Waals surface area contributed by atoms with E-state index in [1.54, 1.807) is 6.07 Å². The lowest BCUT2D eigenvalue weighted by molar-refractivity contribution is -0.119. The second-order valence-corrected chi connectivity index (χ2v) is 2.95. The van der Waals surface area contributed by atoms with Gasteiger partial charge in [0.05, 0.1) is 12.6 Å². The minimum Gasteiger partial charge on any atom is -0.376 e. The highest BCUT2D eigenvalue weighted by atomic mass is 19.1. The Morgan fingerprint density at radius 1 is 1.31 bits per heavy atom. The molecule has 0 spiro atoms. The Balaban J connectivity index is 2.48. The highest BCUT2D eigenvalue weighted by Crippen LogP contribution is 2.12. The molecule has 0 heterocycles. The molecule has 1 rings (SSSR count). The van der Waals surface area contributed by atoms with E-state index in [9.17, 15) is 13.6 Å². The van der Waals surface area contributed by atoms with Gasteiger partial charge in [0.15, 0.2) is 0 Å². The number of nitrogens with zero attached hydrogens (tertiary/aromatic N) is 1. The second-order valence-electron chi connectivity index (χ2n) is 2.95. The third kappa shape index (κ3) is 3.92. The molecule has 0 atom stereocenters. The Bertz CT molecular complexity index is 408. The zero-order valence-corrected chi connectivity index (χ0v) is 8.26. The Morgan fingerprint density at radius 2 is 1.94 bits per heavy atom. The van der Waals surface area contributed by atoms with E-state index in [4.69, 9.17) is 5.26 Å². The summed E-state index contributed by atoms with van der Waals surface area (Å²) in [5.41, 5.74) is 0.171. The monoisotopic (exact) mass is 225 g/mol. The van der Waals surface area contributed by atoms with Gasteiger partial charge in [-0.15, -0.1) is 0 Å². The van der Waals surface area contributed by atoms with Gasteiger partial charge in [0.1, 0.15) is 18.2 Å². The van der Waals surface area contributed by atoms with Crippen LogP contribution in [0.4, 0.5) is 14.5 Å². The molecule has 0 fully saturated rings. The molecule has 1 aromatic rings. The normalized spacial score (nSPS) is 9.31. The Labute approximate surface area is 90.9 Å². The van der Waals surface area contributed by atoms with Crippen molar-refractivity contribution in [3.63, 3.8) is 0 Å². The SMILES string of the molecule is N#CCNC(=O)CNc1cc(F)cc(F)c1. The van der Waals surface area contributed by atoms with Gasteiger partial charge in [0.25, 0.3) is 0 Å². The van der Waals surface area contributed by atoms with Crippen molar-refractivity contribution in [1.29, 1.82) is 5.26 Å². The molecule has 0 unspecified atom stereocenters. The molecule has 0 aliphatic heterocycles. The van der Waals surface area contributed by atoms with Crippen LogP contribution in [0.1, 0.15) is 0 Å². The minimum absolute atomic E-state index is 0.0992. The number of rotatable bonds is 4. The van der Waals surface area contributed by atoms with Crippen molar-refractivity contribution >= 4 is 11.6 Å². The van der Waals surface area contributed by atoms with Gasteiger partial charge in [-0.25, -0.2) is 8.78 Å². The molecule has 0 bridgehead atoms. The van der Waals surface area contributed by atoms with Gasteiger partial charge in [-0.05, 0) is 12.1 Å². The van der Waals surface area contributed by atoms with Crippen LogP contribution in [-0.2, 0) is 4.79 Å². The summed E-state index contributed by atoms with van der Waals surface area (Å²) in [4.78, 5) is 11.0. The number of carbonyl (C=O) groups is 1.